The SMILES string of the molecule is NC(=O)CNC(=O)CNC(=O)[C@H](Cc1ccccc1)NC(=O)[C@@H](CCCN=C(N)N)NC(=O)[C@@H](N)Cc1ccc(O)cc1. The highest BCUT2D eigenvalue weighted by atomic mass is 16.3. The first-order valence-corrected chi connectivity index (χ1v) is 13.5. The summed E-state index contributed by atoms with van der Waals surface area (Å²) in [4.78, 5) is 66.3. The minimum atomic E-state index is -1.12. The Bertz CT molecular complexity index is 1270. The molecule has 15 nitrogen and oxygen atoms in total. The van der Waals surface area contributed by atoms with E-state index in [1.807, 2.05) is 0 Å². The van der Waals surface area contributed by atoms with Crippen LogP contribution in [0.15, 0.2) is 59.6 Å². The summed E-state index contributed by atoms with van der Waals surface area (Å²) in [6, 6.07) is 11.8. The molecule has 0 radical (unpaired) electrons. The first kappa shape index (κ1) is 34.0. The highest BCUT2D eigenvalue weighted by Crippen LogP contribution is 2.11. The Morgan fingerprint density at radius 3 is 2.00 bits per heavy atom. The summed E-state index contributed by atoms with van der Waals surface area (Å²) in [6.07, 6.45) is 0.663. The van der Waals surface area contributed by atoms with Crippen LogP contribution in [0.25, 0.3) is 0 Å². The van der Waals surface area contributed by atoms with Crippen molar-refractivity contribution in [1.29, 1.82) is 0 Å². The van der Waals surface area contributed by atoms with E-state index in [1.165, 1.54) is 12.1 Å². The number of nitrogens with zero attached hydrogens (tertiary/aromatic N) is 1. The van der Waals surface area contributed by atoms with Crippen molar-refractivity contribution in [3.8, 4) is 5.75 Å². The van der Waals surface area contributed by atoms with Gasteiger partial charge in [0.2, 0.25) is 29.5 Å². The van der Waals surface area contributed by atoms with E-state index in [2.05, 4.69) is 26.3 Å². The van der Waals surface area contributed by atoms with Crippen LogP contribution in [0.4, 0.5) is 0 Å². The van der Waals surface area contributed by atoms with Gasteiger partial charge in [-0.15, -0.1) is 0 Å². The van der Waals surface area contributed by atoms with E-state index in [4.69, 9.17) is 22.9 Å². The number of primary amides is 1. The van der Waals surface area contributed by atoms with Crippen molar-refractivity contribution in [2.24, 2.45) is 27.9 Å². The zero-order valence-electron chi connectivity index (χ0n) is 23.6. The Kier molecular flexibility index (Phi) is 13.9. The molecule has 5 amide bonds. The van der Waals surface area contributed by atoms with Gasteiger partial charge in [-0.1, -0.05) is 42.5 Å². The van der Waals surface area contributed by atoms with Crippen LogP contribution in [0.2, 0.25) is 0 Å². The highest BCUT2D eigenvalue weighted by Gasteiger charge is 2.28. The van der Waals surface area contributed by atoms with Crippen molar-refractivity contribution in [3.63, 3.8) is 0 Å². The molecule has 43 heavy (non-hydrogen) atoms. The summed E-state index contributed by atoms with van der Waals surface area (Å²) in [5.74, 6) is -3.38. The number of hydrogen-bond donors (Lipinski definition) is 9. The number of nitrogens with one attached hydrogen (secondary N) is 4. The third-order valence-electron chi connectivity index (χ3n) is 6.11. The van der Waals surface area contributed by atoms with E-state index in [0.717, 1.165) is 5.56 Å². The fourth-order valence-corrected chi connectivity index (χ4v) is 3.90. The summed E-state index contributed by atoms with van der Waals surface area (Å²) >= 11 is 0. The van der Waals surface area contributed by atoms with E-state index in [9.17, 15) is 29.1 Å². The van der Waals surface area contributed by atoms with Gasteiger partial charge in [-0.25, -0.2) is 0 Å². The number of guanidine groups is 1. The number of hydrogen-bond acceptors (Lipinski definition) is 8. The molecule has 15 heteroatoms. The molecule has 0 aliphatic carbocycles. The Balaban J connectivity index is 2.16. The second-order valence-corrected chi connectivity index (χ2v) is 9.70. The average molecular weight is 598 g/mol. The number of aliphatic imine (C=N–C) groups is 1. The summed E-state index contributed by atoms with van der Waals surface area (Å²) in [6.45, 7) is -0.664. The van der Waals surface area contributed by atoms with Crippen LogP contribution in [-0.4, -0.2) is 78.4 Å². The normalized spacial score (nSPS) is 12.6. The molecule has 3 atom stereocenters. The maximum Gasteiger partial charge on any atom is 0.243 e. The Morgan fingerprint density at radius 2 is 1.37 bits per heavy atom. The first-order valence-electron chi connectivity index (χ1n) is 13.5. The van der Waals surface area contributed by atoms with Gasteiger partial charge in [0.1, 0.15) is 17.8 Å². The quantitative estimate of drug-likeness (QED) is 0.0518. The van der Waals surface area contributed by atoms with Crippen LogP contribution >= 0.6 is 0 Å². The number of carbonyl (C=O) groups is 5. The summed E-state index contributed by atoms with van der Waals surface area (Å²) < 4.78 is 0. The molecule has 0 aromatic heterocycles. The average Bonchev–Trinajstić information content (AvgIpc) is 2.97. The van der Waals surface area contributed by atoms with Crippen LogP contribution in [-0.2, 0) is 36.8 Å². The minimum Gasteiger partial charge on any atom is -0.508 e. The molecule has 2 rings (SSSR count). The monoisotopic (exact) mass is 597 g/mol. The standard InChI is InChI=1S/C28H39N9O6/c29-20(13-18-8-10-19(38)11-9-18)25(41)36-21(7-4-12-33-28(31)32)27(43)37-22(14-17-5-2-1-3-6-17)26(42)35-16-24(40)34-15-23(30)39/h1-3,5-6,8-11,20-22,38H,4,7,12-16,29H2,(H2,30,39)(H,34,40)(H,35,42)(H,36,41)(H,37,43)(H4,31,32,33)/t20-,21+,22-/m0/s1. The zero-order valence-corrected chi connectivity index (χ0v) is 23.6. The maximum atomic E-state index is 13.5. The van der Waals surface area contributed by atoms with E-state index in [-0.39, 0.29) is 37.5 Å². The van der Waals surface area contributed by atoms with Crippen LogP contribution < -0.4 is 44.2 Å². The third-order valence-corrected chi connectivity index (χ3v) is 6.11. The lowest BCUT2D eigenvalue weighted by atomic mass is 10.0. The molecule has 0 saturated carbocycles. The van der Waals surface area contributed by atoms with Gasteiger partial charge in [0.25, 0.3) is 0 Å². The van der Waals surface area contributed by atoms with E-state index in [1.54, 1.807) is 42.5 Å². The molecule has 0 spiro atoms. The molecule has 0 saturated heterocycles. The molecule has 0 heterocycles. The van der Waals surface area contributed by atoms with E-state index < -0.39 is 60.8 Å². The van der Waals surface area contributed by atoms with Crippen LogP contribution in [0, 0.1) is 0 Å². The molecular weight excluding hydrogens is 558 g/mol. The highest BCUT2D eigenvalue weighted by molar-refractivity contribution is 5.94. The van der Waals surface area contributed by atoms with Crippen LogP contribution in [0.3, 0.4) is 0 Å². The molecule has 232 valence electrons. The minimum absolute atomic E-state index is 0.0691. The zero-order chi connectivity index (χ0) is 31.8. The molecule has 0 bridgehead atoms. The van der Waals surface area contributed by atoms with Crippen molar-refractivity contribution < 1.29 is 29.1 Å². The molecule has 0 aliphatic heterocycles. The lowest BCUT2D eigenvalue weighted by molar-refractivity contribution is -0.133. The van der Waals surface area contributed by atoms with Gasteiger partial charge >= 0.3 is 0 Å². The van der Waals surface area contributed by atoms with Crippen molar-refractivity contribution in [1.82, 2.24) is 21.3 Å². The number of benzene rings is 2. The smallest absolute Gasteiger partial charge is 0.243 e. The van der Waals surface area contributed by atoms with Crippen molar-refractivity contribution >= 4 is 35.5 Å². The van der Waals surface area contributed by atoms with Gasteiger partial charge < -0.3 is 49.3 Å². The fraction of sp³-hybridized carbons (Fsp3) is 0.357. The Labute approximate surface area is 248 Å². The molecule has 13 N–H and O–H groups in total. The Hall–Kier alpha value is -5.18. The van der Waals surface area contributed by atoms with E-state index >= 15 is 0 Å². The summed E-state index contributed by atoms with van der Waals surface area (Å²) in [5, 5.41) is 19.5. The molecule has 2 aromatic carbocycles. The second-order valence-electron chi connectivity index (χ2n) is 9.70. The molecule has 0 aliphatic rings. The number of amides is 5. The number of nitrogens with two attached hydrogens (primary N) is 4. The van der Waals surface area contributed by atoms with E-state index in [0.29, 0.717) is 12.0 Å². The summed E-state index contributed by atoms with van der Waals surface area (Å²) in [7, 11) is 0. The predicted octanol–water partition coefficient (Wildman–Crippen LogP) is -2.75. The molecule has 0 unspecified atom stereocenters. The second kappa shape index (κ2) is 17.6. The lowest BCUT2D eigenvalue weighted by Gasteiger charge is -2.24. The van der Waals surface area contributed by atoms with Gasteiger partial charge in [-0.2, -0.15) is 0 Å². The predicted molar refractivity (Wildman–Crippen MR) is 159 cm³/mol. The number of aromatic hydroxyl groups is 1. The van der Waals surface area contributed by atoms with Crippen molar-refractivity contribution in [2.75, 3.05) is 19.6 Å². The van der Waals surface area contributed by atoms with Crippen LogP contribution in [0.1, 0.15) is 24.0 Å². The summed E-state index contributed by atoms with van der Waals surface area (Å²) in [5.41, 5.74) is 23.3. The van der Waals surface area contributed by atoms with Gasteiger partial charge in [0.05, 0.1) is 19.1 Å². The fourth-order valence-electron chi connectivity index (χ4n) is 3.90. The maximum absolute atomic E-state index is 13.5. The Morgan fingerprint density at radius 1 is 0.744 bits per heavy atom. The topological polar surface area (TPSA) is 270 Å². The third kappa shape index (κ3) is 13.4. The first-order chi connectivity index (χ1) is 20.4. The number of phenols is 1. The number of rotatable bonds is 17. The van der Waals surface area contributed by atoms with Crippen LogP contribution in [0.5, 0.6) is 5.75 Å². The molecule has 2 aromatic rings. The largest absolute Gasteiger partial charge is 0.508 e. The number of phenolic OH excluding ortho intramolecular Hbond substituents is 1. The van der Waals surface area contributed by atoms with Gasteiger partial charge in [0.15, 0.2) is 5.96 Å². The lowest BCUT2D eigenvalue weighted by Crippen LogP contribution is -2.57. The molecule has 0 fully saturated rings. The van der Waals surface area contributed by atoms with Gasteiger partial charge in [-0.3, -0.25) is 29.0 Å². The van der Waals surface area contributed by atoms with Crippen molar-refractivity contribution in [3.05, 3.63) is 65.7 Å². The van der Waals surface area contributed by atoms with Crippen molar-refractivity contribution in [2.45, 2.75) is 43.8 Å². The number of carbonyl (C=O) groups excluding carboxylic acids is 5. The molecular formula is C28H39N9O6. The van der Waals surface area contributed by atoms with Gasteiger partial charge in [0, 0.05) is 13.0 Å². The van der Waals surface area contributed by atoms with Gasteiger partial charge in [-0.05, 0) is 42.5 Å².